The Balaban J connectivity index is 2.34. The fourth-order valence-corrected chi connectivity index (χ4v) is 2.84. The molecule has 15 heavy (non-hydrogen) atoms. The van der Waals surface area contributed by atoms with Gasteiger partial charge in [0.2, 0.25) is 0 Å². The molecule has 1 heteroatoms. The highest BCUT2D eigenvalue weighted by Gasteiger charge is 2.37. The Hall–Kier alpha value is -0.820. The SMILES string of the molecule is Cc1cc(C)cc(C2(CCN)CCC2)c1. The van der Waals surface area contributed by atoms with E-state index in [1.165, 1.54) is 36.0 Å². The van der Waals surface area contributed by atoms with Gasteiger partial charge < -0.3 is 5.73 Å². The van der Waals surface area contributed by atoms with Gasteiger partial charge in [-0.05, 0) is 50.6 Å². The lowest BCUT2D eigenvalue weighted by Gasteiger charge is -2.43. The maximum atomic E-state index is 5.74. The molecular formula is C14H21N. The molecule has 0 atom stereocenters. The molecule has 0 spiro atoms. The van der Waals surface area contributed by atoms with Crippen molar-refractivity contribution in [3.8, 4) is 0 Å². The number of nitrogens with two attached hydrogens (primary N) is 1. The van der Waals surface area contributed by atoms with Crippen LogP contribution in [0.4, 0.5) is 0 Å². The molecule has 0 bridgehead atoms. The number of benzene rings is 1. The van der Waals surface area contributed by atoms with E-state index in [1.54, 1.807) is 0 Å². The summed E-state index contributed by atoms with van der Waals surface area (Å²) in [6, 6.07) is 6.95. The van der Waals surface area contributed by atoms with Gasteiger partial charge in [-0.1, -0.05) is 35.7 Å². The Bertz CT molecular complexity index is 330. The first-order chi connectivity index (χ1) is 7.16. The molecule has 2 rings (SSSR count). The van der Waals surface area contributed by atoms with Crippen LogP contribution in [0.3, 0.4) is 0 Å². The van der Waals surface area contributed by atoms with Gasteiger partial charge in [0.25, 0.3) is 0 Å². The van der Waals surface area contributed by atoms with Crippen LogP contribution in [-0.2, 0) is 5.41 Å². The van der Waals surface area contributed by atoms with E-state index in [0.29, 0.717) is 5.41 Å². The van der Waals surface area contributed by atoms with E-state index in [0.717, 1.165) is 13.0 Å². The highest BCUT2D eigenvalue weighted by atomic mass is 14.6. The molecule has 0 heterocycles. The molecule has 1 saturated carbocycles. The zero-order valence-corrected chi connectivity index (χ0v) is 9.84. The molecule has 1 nitrogen and oxygen atoms in total. The van der Waals surface area contributed by atoms with Gasteiger partial charge >= 0.3 is 0 Å². The van der Waals surface area contributed by atoms with E-state index in [2.05, 4.69) is 32.0 Å². The number of hydrogen-bond acceptors (Lipinski definition) is 1. The molecule has 82 valence electrons. The average Bonchev–Trinajstić information content (AvgIpc) is 2.09. The zero-order chi connectivity index (χ0) is 10.9. The van der Waals surface area contributed by atoms with Crippen LogP contribution < -0.4 is 5.73 Å². The lowest BCUT2D eigenvalue weighted by atomic mass is 9.62. The second-order valence-corrected chi connectivity index (χ2v) is 5.05. The van der Waals surface area contributed by atoms with Gasteiger partial charge in [0, 0.05) is 0 Å². The van der Waals surface area contributed by atoms with Gasteiger partial charge in [0.1, 0.15) is 0 Å². The van der Waals surface area contributed by atoms with Crippen molar-refractivity contribution in [2.45, 2.75) is 44.9 Å². The summed E-state index contributed by atoms with van der Waals surface area (Å²) in [5.41, 5.74) is 10.4. The minimum atomic E-state index is 0.422. The van der Waals surface area contributed by atoms with Crippen LogP contribution in [0.15, 0.2) is 18.2 Å². The molecule has 1 aliphatic carbocycles. The Labute approximate surface area is 92.7 Å². The second-order valence-electron chi connectivity index (χ2n) is 5.05. The Morgan fingerprint density at radius 1 is 1.13 bits per heavy atom. The molecule has 1 aromatic rings. The Morgan fingerprint density at radius 3 is 2.13 bits per heavy atom. The van der Waals surface area contributed by atoms with Crippen LogP contribution in [0, 0.1) is 13.8 Å². The average molecular weight is 203 g/mol. The van der Waals surface area contributed by atoms with Gasteiger partial charge in [-0.15, -0.1) is 0 Å². The third-order valence-electron chi connectivity index (χ3n) is 3.77. The topological polar surface area (TPSA) is 26.0 Å². The Morgan fingerprint density at radius 2 is 1.73 bits per heavy atom. The van der Waals surface area contributed by atoms with Crippen molar-refractivity contribution < 1.29 is 0 Å². The summed E-state index contributed by atoms with van der Waals surface area (Å²) in [6.45, 7) is 5.18. The first-order valence-corrected chi connectivity index (χ1v) is 5.95. The van der Waals surface area contributed by atoms with Crippen molar-refractivity contribution in [1.82, 2.24) is 0 Å². The van der Waals surface area contributed by atoms with Crippen LogP contribution in [-0.4, -0.2) is 6.54 Å². The molecular weight excluding hydrogens is 182 g/mol. The fraction of sp³-hybridized carbons (Fsp3) is 0.571. The number of rotatable bonds is 3. The maximum absolute atomic E-state index is 5.74. The first kappa shape index (κ1) is 10.7. The standard InChI is InChI=1S/C14H21N/c1-11-8-12(2)10-13(9-11)14(6-7-15)4-3-5-14/h8-10H,3-7,15H2,1-2H3. The quantitative estimate of drug-likeness (QED) is 0.802. The highest BCUT2D eigenvalue weighted by molar-refractivity contribution is 5.35. The fourth-order valence-electron chi connectivity index (χ4n) is 2.84. The van der Waals surface area contributed by atoms with E-state index in [1.807, 2.05) is 0 Å². The highest BCUT2D eigenvalue weighted by Crippen LogP contribution is 2.46. The molecule has 1 fully saturated rings. The molecule has 0 aliphatic heterocycles. The van der Waals surface area contributed by atoms with Crippen molar-refractivity contribution in [2.75, 3.05) is 6.54 Å². The van der Waals surface area contributed by atoms with Crippen molar-refractivity contribution in [1.29, 1.82) is 0 Å². The third-order valence-corrected chi connectivity index (χ3v) is 3.77. The van der Waals surface area contributed by atoms with Crippen molar-refractivity contribution in [3.63, 3.8) is 0 Å². The molecule has 1 aliphatic rings. The normalized spacial score (nSPS) is 18.6. The summed E-state index contributed by atoms with van der Waals surface area (Å²) in [5.74, 6) is 0. The van der Waals surface area contributed by atoms with Gasteiger partial charge in [-0.25, -0.2) is 0 Å². The van der Waals surface area contributed by atoms with Crippen LogP contribution >= 0.6 is 0 Å². The maximum Gasteiger partial charge on any atom is -0.00348 e. The molecule has 0 unspecified atom stereocenters. The molecule has 0 radical (unpaired) electrons. The molecule has 0 aromatic heterocycles. The van der Waals surface area contributed by atoms with Gasteiger partial charge in [0.15, 0.2) is 0 Å². The van der Waals surface area contributed by atoms with Crippen molar-refractivity contribution in [2.24, 2.45) is 5.73 Å². The molecule has 1 aromatic carbocycles. The summed E-state index contributed by atoms with van der Waals surface area (Å²) >= 11 is 0. The summed E-state index contributed by atoms with van der Waals surface area (Å²) in [7, 11) is 0. The van der Waals surface area contributed by atoms with Crippen LogP contribution in [0.1, 0.15) is 42.4 Å². The number of hydrogen-bond donors (Lipinski definition) is 1. The number of aryl methyl sites for hydroxylation is 2. The predicted molar refractivity (Wildman–Crippen MR) is 65.1 cm³/mol. The minimum absolute atomic E-state index is 0.422. The summed E-state index contributed by atoms with van der Waals surface area (Å²) in [5, 5.41) is 0. The molecule has 2 N–H and O–H groups in total. The third kappa shape index (κ3) is 1.93. The van der Waals surface area contributed by atoms with E-state index in [4.69, 9.17) is 5.73 Å². The molecule has 0 saturated heterocycles. The lowest BCUT2D eigenvalue weighted by molar-refractivity contribution is 0.229. The zero-order valence-electron chi connectivity index (χ0n) is 9.84. The monoisotopic (exact) mass is 203 g/mol. The van der Waals surface area contributed by atoms with Crippen molar-refractivity contribution in [3.05, 3.63) is 34.9 Å². The largest absolute Gasteiger partial charge is 0.330 e. The van der Waals surface area contributed by atoms with E-state index < -0.39 is 0 Å². The lowest BCUT2D eigenvalue weighted by Crippen LogP contribution is -2.36. The van der Waals surface area contributed by atoms with Crippen LogP contribution in [0.25, 0.3) is 0 Å². The minimum Gasteiger partial charge on any atom is -0.330 e. The summed E-state index contributed by atoms with van der Waals surface area (Å²) < 4.78 is 0. The van der Waals surface area contributed by atoms with Crippen molar-refractivity contribution >= 4 is 0 Å². The first-order valence-electron chi connectivity index (χ1n) is 5.95. The summed E-state index contributed by atoms with van der Waals surface area (Å²) in [4.78, 5) is 0. The van der Waals surface area contributed by atoms with E-state index in [-0.39, 0.29) is 0 Å². The summed E-state index contributed by atoms with van der Waals surface area (Å²) in [6.07, 6.45) is 5.17. The van der Waals surface area contributed by atoms with Crippen LogP contribution in [0.5, 0.6) is 0 Å². The second kappa shape index (κ2) is 3.97. The Kier molecular flexibility index (Phi) is 2.83. The predicted octanol–water partition coefficient (Wildman–Crippen LogP) is 3.07. The van der Waals surface area contributed by atoms with Crippen LogP contribution in [0.2, 0.25) is 0 Å². The van der Waals surface area contributed by atoms with Gasteiger partial charge in [-0.2, -0.15) is 0 Å². The van der Waals surface area contributed by atoms with E-state index >= 15 is 0 Å². The smallest absolute Gasteiger partial charge is 0.00348 e. The van der Waals surface area contributed by atoms with Gasteiger partial charge in [0.05, 0.1) is 0 Å². The van der Waals surface area contributed by atoms with Gasteiger partial charge in [-0.3, -0.25) is 0 Å². The molecule has 0 amide bonds. The van der Waals surface area contributed by atoms with E-state index in [9.17, 15) is 0 Å².